The van der Waals surface area contributed by atoms with Crippen molar-refractivity contribution in [1.82, 2.24) is 9.88 Å². The van der Waals surface area contributed by atoms with E-state index in [9.17, 15) is 4.79 Å². The Morgan fingerprint density at radius 1 is 1.29 bits per heavy atom. The first kappa shape index (κ1) is 14.2. The molecule has 0 saturated carbocycles. The van der Waals surface area contributed by atoms with Gasteiger partial charge in [-0.15, -0.1) is 11.6 Å². The van der Waals surface area contributed by atoms with Crippen molar-refractivity contribution >= 4 is 11.6 Å². The molecule has 4 nitrogen and oxygen atoms in total. The Labute approximate surface area is 107 Å². The zero-order chi connectivity index (χ0) is 12.3. The van der Waals surface area contributed by atoms with Crippen molar-refractivity contribution < 1.29 is 4.74 Å². The molecule has 0 aromatic carbocycles. The molecule has 96 valence electrons. The van der Waals surface area contributed by atoms with Gasteiger partial charge in [0.2, 0.25) is 0 Å². The number of nitrogens with zero attached hydrogens (tertiary/aromatic N) is 1. The first-order chi connectivity index (χ1) is 8.34. The molecule has 0 bridgehead atoms. The summed E-state index contributed by atoms with van der Waals surface area (Å²) in [7, 11) is 0. The Morgan fingerprint density at radius 2 is 2.18 bits per heavy atom. The maximum absolute atomic E-state index is 11.4. The van der Waals surface area contributed by atoms with Gasteiger partial charge in [-0.2, -0.15) is 0 Å². The van der Waals surface area contributed by atoms with Crippen LogP contribution in [0.2, 0.25) is 0 Å². The summed E-state index contributed by atoms with van der Waals surface area (Å²) in [5, 5.41) is 3.27. The van der Waals surface area contributed by atoms with E-state index in [0.29, 0.717) is 19.0 Å². The van der Waals surface area contributed by atoms with Gasteiger partial charge in [0.25, 0.3) is 5.56 Å². The van der Waals surface area contributed by atoms with Crippen molar-refractivity contribution in [3.63, 3.8) is 0 Å². The van der Waals surface area contributed by atoms with Crippen molar-refractivity contribution in [1.29, 1.82) is 0 Å². The Morgan fingerprint density at radius 3 is 2.94 bits per heavy atom. The normalized spacial score (nSPS) is 10.6. The molecular weight excluding hydrogens is 240 g/mol. The second-order valence-electron chi connectivity index (χ2n) is 3.64. The number of pyridine rings is 1. The van der Waals surface area contributed by atoms with Crippen LogP contribution in [0.1, 0.15) is 6.42 Å². The van der Waals surface area contributed by atoms with Gasteiger partial charge < -0.3 is 14.6 Å². The molecule has 0 spiro atoms. The van der Waals surface area contributed by atoms with Gasteiger partial charge in [0.15, 0.2) is 0 Å². The van der Waals surface area contributed by atoms with Crippen LogP contribution in [0.25, 0.3) is 0 Å². The molecule has 1 aromatic heterocycles. The van der Waals surface area contributed by atoms with Gasteiger partial charge in [-0.3, -0.25) is 4.79 Å². The average molecular weight is 259 g/mol. The smallest absolute Gasteiger partial charge is 0.250 e. The van der Waals surface area contributed by atoms with Crippen LogP contribution in [0.3, 0.4) is 0 Å². The molecule has 0 amide bonds. The number of ether oxygens (including phenoxy) is 1. The van der Waals surface area contributed by atoms with Crippen LogP contribution in [-0.4, -0.2) is 36.8 Å². The highest BCUT2D eigenvalue weighted by molar-refractivity contribution is 6.17. The third-order valence-corrected chi connectivity index (χ3v) is 2.45. The van der Waals surface area contributed by atoms with Gasteiger partial charge in [0, 0.05) is 37.8 Å². The lowest BCUT2D eigenvalue weighted by Crippen LogP contribution is -2.27. The Hall–Kier alpha value is -0.840. The summed E-state index contributed by atoms with van der Waals surface area (Å²) in [6.07, 6.45) is 2.76. The van der Waals surface area contributed by atoms with E-state index >= 15 is 0 Å². The monoisotopic (exact) mass is 258 g/mol. The standard InChI is InChI=1S/C12H19ClN2O2/c13-5-11-17-10-3-6-14-7-9-15-8-2-1-4-12(15)16/h1-2,4,8,14H,3,5-7,9-11H2. The molecule has 0 aliphatic heterocycles. The van der Waals surface area contributed by atoms with E-state index in [1.165, 1.54) is 0 Å². The second-order valence-corrected chi connectivity index (χ2v) is 4.02. The molecule has 0 fully saturated rings. The van der Waals surface area contributed by atoms with Crippen LogP contribution in [0.4, 0.5) is 0 Å². The molecular formula is C12H19ClN2O2. The Bertz CT molecular complexity index is 354. The van der Waals surface area contributed by atoms with E-state index in [4.69, 9.17) is 16.3 Å². The molecule has 0 atom stereocenters. The van der Waals surface area contributed by atoms with Gasteiger partial charge in [-0.25, -0.2) is 0 Å². The summed E-state index contributed by atoms with van der Waals surface area (Å²) in [4.78, 5) is 11.4. The topological polar surface area (TPSA) is 43.3 Å². The van der Waals surface area contributed by atoms with Gasteiger partial charge in [0.05, 0.1) is 6.61 Å². The molecule has 0 saturated heterocycles. The van der Waals surface area contributed by atoms with E-state index in [1.807, 2.05) is 6.07 Å². The quantitative estimate of drug-likeness (QED) is 0.533. The number of halogens is 1. The van der Waals surface area contributed by atoms with Crippen LogP contribution in [0.15, 0.2) is 29.2 Å². The molecule has 0 aliphatic carbocycles. The highest BCUT2D eigenvalue weighted by atomic mass is 35.5. The highest BCUT2D eigenvalue weighted by Gasteiger charge is 1.93. The highest BCUT2D eigenvalue weighted by Crippen LogP contribution is 1.84. The van der Waals surface area contributed by atoms with Crippen LogP contribution in [0, 0.1) is 0 Å². The molecule has 0 unspecified atom stereocenters. The second kappa shape index (κ2) is 9.22. The predicted molar refractivity (Wildman–Crippen MR) is 69.7 cm³/mol. The summed E-state index contributed by atoms with van der Waals surface area (Å²) < 4.78 is 6.93. The van der Waals surface area contributed by atoms with Crippen LogP contribution in [-0.2, 0) is 11.3 Å². The SMILES string of the molecule is O=c1ccccn1CCNCCCOCCCl. The van der Waals surface area contributed by atoms with E-state index in [-0.39, 0.29) is 5.56 Å². The maximum Gasteiger partial charge on any atom is 0.250 e. The number of rotatable bonds is 9. The lowest BCUT2D eigenvalue weighted by Gasteiger charge is -2.07. The zero-order valence-corrected chi connectivity index (χ0v) is 10.7. The lowest BCUT2D eigenvalue weighted by molar-refractivity contribution is 0.146. The maximum atomic E-state index is 11.4. The largest absolute Gasteiger partial charge is 0.380 e. The fraction of sp³-hybridized carbons (Fsp3) is 0.583. The summed E-state index contributed by atoms with van der Waals surface area (Å²) in [5.41, 5.74) is 0.0414. The lowest BCUT2D eigenvalue weighted by atomic mass is 10.4. The summed E-state index contributed by atoms with van der Waals surface area (Å²) in [5.74, 6) is 0.546. The fourth-order valence-electron chi connectivity index (χ4n) is 1.43. The number of alkyl halides is 1. The number of aromatic nitrogens is 1. The van der Waals surface area contributed by atoms with Crippen LogP contribution >= 0.6 is 11.6 Å². The average Bonchev–Trinajstić information content (AvgIpc) is 2.35. The first-order valence-electron chi connectivity index (χ1n) is 5.84. The molecule has 0 radical (unpaired) electrons. The third-order valence-electron chi connectivity index (χ3n) is 2.29. The molecule has 1 heterocycles. The van der Waals surface area contributed by atoms with Crippen molar-refractivity contribution in [2.45, 2.75) is 13.0 Å². The van der Waals surface area contributed by atoms with E-state index in [0.717, 1.165) is 26.1 Å². The minimum atomic E-state index is 0.0414. The van der Waals surface area contributed by atoms with Gasteiger partial charge in [-0.1, -0.05) is 6.07 Å². The van der Waals surface area contributed by atoms with Gasteiger partial charge in [-0.05, 0) is 19.0 Å². The van der Waals surface area contributed by atoms with Crippen LogP contribution < -0.4 is 10.9 Å². The molecule has 1 rings (SSSR count). The molecule has 1 aromatic rings. The van der Waals surface area contributed by atoms with Crippen molar-refractivity contribution in [2.24, 2.45) is 0 Å². The molecule has 1 N–H and O–H groups in total. The zero-order valence-electron chi connectivity index (χ0n) is 9.90. The molecule has 5 heteroatoms. The molecule has 17 heavy (non-hydrogen) atoms. The Kier molecular flexibility index (Phi) is 7.71. The van der Waals surface area contributed by atoms with Gasteiger partial charge in [0.1, 0.15) is 0 Å². The predicted octanol–water partition coefficient (Wildman–Crippen LogP) is 1.08. The summed E-state index contributed by atoms with van der Waals surface area (Å²) in [6.45, 7) is 3.72. The van der Waals surface area contributed by atoms with Crippen molar-refractivity contribution in [2.75, 3.05) is 32.2 Å². The minimum absolute atomic E-state index is 0.0414. The fourth-order valence-corrected chi connectivity index (χ4v) is 1.53. The van der Waals surface area contributed by atoms with Gasteiger partial charge >= 0.3 is 0 Å². The van der Waals surface area contributed by atoms with Crippen molar-refractivity contribution in [3.8, 4) is 0 Å². The Balaban J connectivity index is 2.01. The third kappa shape index (κ3) is 6.46. The van der Waals surface area contributed by atoms with E-state index < -0.39 is 0 Å². The van der Waals surface area contributed by atoms with E-state index in [1.54, 1.807) is 22.9 Å². The number of hydrogen-bond donors (Lipinski definition) is 1. The number of hydrogen-bond acceptors (Lipinski definition) is 3. The number of nitrogens with one attached hydrogen (secondary N) is 1. The summed E-state index contributed by atoms with van der Waals surface area (Å²) >= 11 is 5.47. The minimum Gasteiger partial charge on any atom is -0.380 e. The van der Waals surface area contributed by atoms with Crippen molar-refractivity contribution in [3.05, 3.63) is 34.7 Å². The molecule has 0 aliphatic rings. The first-order valence-corrected chi connectivity index (χ1v) is 6.38. The van der Waals surface area contributed by atoms with Crippen LogP contribution in [0.5, 0.6) is 0 Å². The summed E-state index contributed by atoms with van der Waals surface area (Å²) in [6, 6.07) is 5.18. The van der Waals surface area contributed by atoms with E-state index in [2.05, 4.69) is 5.32 Å².